The van der Waals surface area contributed by atoms with Crippen LogP contribution in [0.15, 0.2) is 22.8 Å². The van der Waals surface area contributed by atoms with Crippen LogP contribution in [0.2, 0.25) is 0 Å². The second kappa shape index (κ2) is 6.00. The highest BCUT2D eigenvalue weighted by atomic mass is 16.3. The lowest BCUT2D eigenvalue weighted by Crippen LogP contribution is -2.51. The van der Waals surface area contributed by atoms with Crippen molar-refractivity contribution in [3.8, 4) is 11.6 Å². The molecule has 0 aliphatic heterocycles. The Hall–Kier alpha value is -2.11. The van der Waals surface area contributed by atoms with Gasteiger partial charge in [-0.1, -0.05) is 0 Å². The fourth-order valence-electron chi connectivity index (χ4n) is 5.70. The number of amides is 1. The van der Waals surface area contributed by atoms with Crippen LogP contribution in [0.5, 0.6) is 0 Å². The fraction of sp³-hybridized carbons (Fsp3) is 0.632. The third-order valence-corrected chi connectivity index (χ3v) is 6.46. The molecule has 25 heavy (non-hydrogen) atoms. The van der Waals surface area contributed by atoms with Gasteiger partial charge in [-0.3, -0.25) is 9.89 Å². The van der Waals surface area contributed by atoms with E-state index in [0.717, 1.165) is 17.7 Å². The molecule has 0 spiro atoms. The molecule has 2 heterocycles. The van der Waals surface area contributed by atoms with Crippen molar-refractivity contribution in [3.63, 3.8) is 0 Å². The maximum absolute atomic E-state index is 12.7. The average molecular weight is 340 g/mol. The van der Waals surface area contributed by atoms with Gasteiger partial charge in [0.2, 0.25) is 11.7 Å². The first kappa shape index (κ1) is 15.2. The molecule has 0 saturated heterocycles. The van der Waals surface area contributed by atoms with Crippen LogP contribution in [0, 0.1) is 29.6 Å². The van der Waals surface area contributed by atoms with E-state index in [1.54, 1.807) is 6.26 Å². The van der Waals surface area contributed by atoms with Gasteiger partial charge in [0.05, 0.1) is 6.26 Å². The average Bonchev–Trinajstić information content (AvgIpc) is 3.25. The van der Waals surface area contributed by atoms with Gasteiger partial charge >= 0.3 is 0 Å². The molecule has 0 aromatic carbocycles. The first-order valence-electron chi connectivity index (χ1n) is 9.49. The molecule has 6 nitrogen and oxygen atoms in total. The maximum Gasteiger partial charge on any atom is 0.223 e. The number of nitrogens with zero attached hydrogens (tertiary/aromatic N) is 2. The van der Waals surface area contributed by atoms with E-state index in [-0.39, 0.29) is 11.8 Å². The molecule has 4 saturated carbocycles. The van der Waals surface area contributed by atoms with Crippen LogP contribution in [-0.2, 0) is 11.2 Å². The maximum atomic E-state index is 12.7. The van der Waals surface area contributed by atoms with E-state index < -0.39 is 0 Å². The highest BCUT2D eigenvalue weighted by Crippen LogP contribution is 2.56. The number of carbonyl (C=O) groups is 1. The van der Waals surface area contributed by atoms with Crippen molar-refractivity contribution in [3.05, 3.63) is 24.2 Å². The molecule has 6 heteroatoms. The summed E-state index contributed by atoms with van der Waals surface area (Å²) in [6.45, 7) is 0.606. The molecule has 0 unspecified atom stereocenters. The van der Waals surface area contributed by atoms with E-state index in [0.29, 0.717) is 36.4 Å². The van der Waals surface area contributed by atoms with Crippen LogP contribution >= 0.6 is 0 Å². The van der Waals surface area contributed by atoms with Crippen LogP contribution < -0.4 is 5.32 Å². The van der Waals surface area contributed by atoms with Crippen LogP contribution in [-0.4, -0.2) is 27.6 Å². The molecule has 0 radical (unpaired) electrons. The van der Waals surface area contributed by atoms with Crippen molar-refractivity contribution in [1.29, 1.82) is 0 Å². The monoisotopic (exact) mass is 340 g/mol. The minimum atomic E-state index is 0.251. The summed E-state index contributed by atoms with van der Waals surface area (Å²) in [5, 5.41) is 10.2. The van der Waals surface area contributed by atoms with Gasteiger partial charge in [0.1, 0.15) is 5.82 Å². The van der Waals surface area contributed by atoms with Crippen molar-refractivity contribution in [2.24, 2.45) is 29.6 Å². The molecule has 2 aromatic heterocycles. The zero-order chi connectivity index (χ0) is 16.8. The van der Waals surface area contributed by atoms with Crippen LogP contribution in [0.4, 0.5) is 0 Å². The van der Waals surface area contributed by atoms with Crippen LogP contribution in [0.1, 0.15) is 37.9 Å². The molecular weight excluding hydrogens is 316 g/mol. The second-order valence-electron chi connectivity index (χ2n) is 8.08. The predicted octanol–water partition coefficient (Wildman–Crippen LogP) is 2.80. The Morgan fingerprint density at radius 1 is 1.20 bits per heavy atom. The number of aromatic nitrogens is 3. The molecular formula is C19H24N4O2. The quantitative estimate of drug-likeness (QED) is 0.876. The van der Waals surface area contributed by atoms with Crippen molar-refractivity contribution in [1.82, 2.24) is 20.5 Å². The summed E-state index contributed by atoms with van der Waals surface area (Å²) in [6.07, 6.45) is 8.80. The standard InChI is InChI=1S/C19H24N4O2/c24-19(17-13-7-11-6-12(9-13)10-14(17)8-11)20-4-3-16-21-18(23-22-16)15-2-1-5-25-15/h1-2,5,11-14,17H,3-4,6-10H2,(H,20,24)(H,21,22,23). The normalized spacial score (nSPS) is 32.9. The molecule has 4 aliphatic rings. The molecule has 132 valence electrons. The molecule has 0 atom stereocenters. The number of furan rings is 1. The summed E-state index contributed by atoms with van der Waals surface area (Å²) in [7, 11) is 0. The Labute approximate surface area is 146 Å². The van der Waals surface area contributed by atoms with Gasteiger partial charge in [-0.15, -0.1) is 0 Å². The zero-order valence-corrected chi connectivity index (χ0v) is 14.3. The largest absolute Gasteiger partial charge is 0.461 e. The second-order valence-corrected chi connectivity index (χ2v) is 8.08. The lowest BCUT2D eigenvalue weighted by molar-refractivity contribution is -0.138. The van der Waals surface area contributed by atoms with E-state index in [1.165, 1.54) is 32.1 Å². The molecule has 4 aliphatic carbocycles. The number of aromatic amines is 1. The van der Waals surface area contributed by atoms with Crippen molar-refractivity contribution >= 4 is 5.91 Å². The Balaban J connectivity index is 1.16. The third-order valence-electron chi connectivity index (χ3n) is 6.46. The van der Waals surface area contributed by atoms with Gasteiger partial charge in [-0.05, 0) is 67.9 Å². The van der Waals surface area contributed by atoms with Crippen molar-refractivity contribution < 1.29 is 9.21 Å². The van der Waals surface area contributed by atoms with E-state index in [4.69, 9.17) is 4.42 Å². The number of rotatable bonds is 5. The molecule has 1 amide bonds. The summed E-state index contributed by atoms with van der Waals surface area (Å²) in [5.74, 6) is 5.57. The number of nitrogens with one attached hydrogen (secondary N) is 2. The molecule has 2 aromatic rings. The van der Waals surface area contributed by atoms with Gasteiger partial charge in [0, 0.05) is 18.9 Å². The molecule has 4 bridgehead atoms. The van der Waals surface area contributed by atoms with Gasteiger partial charge in [-0.2, -0.15) is 5.10 Å². The van der Waals surface area contributed by atoms with E-state index >= 15 is 0 Å². The highest BCUT2D eigenvalue weighted by molar-refractivity contribution is 5.79. The SMILES string of the molecule is O=C(NCCc1nc(-c2ccco2)n[nH]1)C1C2CC3CC(C2)CC1C3. The fourth-order valence-corrected chi connectivity index (χ4v) is 5.70. The van der Waals surface area contributed by atoms with Crippen molar-refractivity contribution in [2.45, 2.75) is 38.5 Å². The third kappa shape index (κ3) is 2.77. The lowest BCUT2D eigenvalue weighted by atomic mass is 9.51. The predicted molar refractivity (Wildman–Crippen MR) is 91.3 cm³/mol. The minimum Gasteiger partial charge on any atom is -0.461 e. The summed E-state index contributed by atoms with van der Waals surface area (Å²) in [4.78, 5) is 17.2. The Kier molecular flexibility index (Phi) is 3.64. The summed E-state index contributed by atoms with van der Waals surface area (Å²) in [5.41, 5.74) is 0. The van der Waals surface area contributed by atoms with Gasteiger partial charge in [0.15, 0.2) is 5.76 Å². The summed E-state index contributed by atoms with van der Waals surface area (Å²) >= 11 is 0. The Bertz CT molecular complexity index is 723. The topological polar surface area (TPSA) is 83.8 Å². The Morgan fingerprint density at radius 3 is 2.64 bits per heavy atom. The van der Waals surface area contributed by atoms with E-state index in [1.807, 2.05) is 12.1 Å². The number of hydrogen-bond acceptors (Lipinski definition) is 4. The number of carbonyl (C=O) groups excluding carboxylic acids is 1. The van der Waals surface area contributed by atoms with Gasteiger partial charge < -0.3 is 9.73 Å². The highest BCUT2D eigenvalue weighted by Gasteiger charge is 2.50. The van der Waals surface area contributed by atoms with Gasteiger partial charge in [0.25, 0.3) is 0 Å². The smallest absolute Gasteiger partial charge is 0.223 e. The van der Waals surface area contributed by atoms with E-state index in [2.05, 4.69) is 20.5 Å². The lowest BCUT2D eigenvalue weighted by Gasteiger charge is -2.53. The number of hydrogen-bond donors (Lipinski definition) is 2. The zero-order valence-electron chi connectivity index (χ0n) is 14.3. The van der Waals surface area contributed by atoms with E-state index in [9.17, 15) is 4.79 Å². The molecule has 4 fully saturated rings. The summed E-state index contributed by atoms with van der Waals surface area (Å²) in [6, 6.07) is 3.65. The van der Waals surface area contributed by atoms with Crippen molar-refractivity contribution in [2.75, 3.05) is 6.54 Å². The first-order chi connectivity index (χ1) is 12.3. The first-order valence-corrected chi connectivity index (χ1v) is 9.49. The molecule has 6 rings (SSSR count). The minimum absolute atomic E-state index is 0.251. The summed E-state index contributed by atoms with van der Waals surface area (Å²) < 4.78 is 5.29. The number of H-pyrrole nitrogens is 1. The Morgan fingerprint density at radius 2 is 1.96 bits per heavy atom. The van der Waals surface area contributed by atoms with Crippen LogP contribution in [0.25, 0.3) is 11.6 Å². The van der Waals surface area contributed by atoms with Gasteiger partial charge in [-0.25, -0.2) is 4.98 Å². The van der Waals surface area contributed by atoms with Crippen LogP contribution in [0.3, 0.4) is 0 Å². The molecule has 2 N–H and O–H groups in total.